The largest absolute Gasteiger partial charge is 0.497 e. The highest BCUT2D eigenvalue weighted by Crippen LogP contribution is 2.37. The molecule has 1 amide bonds. The monoisotopic (exact) mass is 371 g/mol. The van der Waals surface area contributed by atoms with Crippen LogP contribution in [-0.4, -0.2) is 41.4 Å². The maximum Gasteiger partial charge on any atom is 0.410 e. The van der Waals surface area contributed by atoms with Crippen LogP contribution in [0.25, 0.3) is 10.8 Å². The van der Waals surface area contributed by atoms with Crippen molar-refractivity contribution in [3.63, 3.8) is 0 Å². The highest BCUT2D eigenvalue weighted by atomic mass is 16.6. The van der Waals surface area contributed by atoms with Gasteiger partial charge in [0.15, 0.2) is 0 Å². The fourth-order valence-corrected chi connectivity index (χ4v) is 3.72. The highest BCUT2D eigenvalue weighted by molar-refractivity contribution is 5.84. The smallest absolute Gasteiger partial charge is 0.410 e. The lowest BCUT2D eigenvalue weighted by Gasteiger charge is -2.43. The van der Waals surface area contributed by atoms with Crippen LogP contribution in [0.3, 0.4) is 0 Å². The summed E-state index contributed by atoms with van der Waals surface area (Å²) in [5.74, 6) is 0.813. The van der Waals surface area contributed by atoms with Crippen molar-refractivity contribution in [3.05, 3.63) is 42.0 Å². The second kappa shape index (κ2) is 7.04. The number of rotatable bonds is 2. The summed E-state index contributed by atoms with van der Waals surface area (Å²) < 4.78 is 10.8. The van der Waals surface area contributed by atoms with E-state index in [1.165, 1.54) is 0 Å². The number of ether oxygens (including phenoxy) is 2. The lowest BCUT2D eigenvalue weighted by Crippen LogP contribution is -2.51. The zero-order chi connectivity index (χ0) is 19.8. The zero-order valence-corrected chi connectivity index (χ0v) is 16.8. The Hall–Kier alpha value is -2.27. The summed E-state index contributed by atoms with van der Waals surface area (Å²) in [6, 6.07) is 11.8. The van der Waals surface area contributed by atoms with Gasteiger partial charge in [0.1, 0.15) is 11.4 Å². The van der Waals surface area contributed by atoms with Crippen LogP contribution in [0.4, 0.5) is 4.79 Å². The van der Waals surface area contributed by atoms with E-state index < -0.39 is 11.2 Å². The van der Waals surface area contributed by atoms with Crippen LogP contribution in [0.5, 0.6) is 5.75 Å². The van der Waals surface area contributed by atoms with Crippen LogP contribution in [0.2, 0.25) is 0 Å². The van der Waals surface area contributed by atoms with Crippen molar-refractivity contribution >= 4 is 16.9 Å². The van der Waals surface area contributed by atoms with E-state index in [2.05, 4.69) is 0 Å². The molecule has 1 fully saturated rings. The van der Waals surface area contributed by atoms with E-state index in [9.17, 15) is 9.90 Å². The van der Waals surface area contributed by atoms with Crippen molar-refractivity contribution in [2.24, 2.45) is 0 Å². The fourth-order valence-electron chi connectivity index (χ4n) is 3.72. The van der Waals surface area contributed by atoms with Crippen LogP contribution in [0.1, 0.15) is 46.1 Å². The summed E-state index contributed by atoms with van der Waals surface area (Å²) in [5, 5.41) is 13.4. The number of carbonyl (C=O) groups is 1. The van der Waals surface area contributed by atoms with Gasteiger partial charge in [-0.05, 0) is 68.7 Å². The molecule has 0 spiro atoms. The van der Waals surface area contributed by atoms with Crippen LogP contribution in [0, 0.1) is 0 Å². The molecule has 1 saturated heterocycles. The van der Waals surface area contributed by atoms with E-state index in [1.54, 1.807) is 12.0 Å². The average molecular weight is 371 g/mol. The molecule has 5 nitrogen and oxygen atoms in total. The first-order chi connectivity index (χ1) is 12.6. The molecule has 0 radical (unpaired) electrons. The molecule has 0 bridgehead atoms. The molecule has 146 valence electrons. The molecule has 1 aliphatic rings. The predicted molar refractivity (Wildman–Crippen MR) is 106 cm³/mol. The second-order valence-electron chi connectivity index (χ2n) is 8.44. The highest BCUT2D eigenvalue weighted by Gasteiger charge is 2.40. The van der Waals surface area contributed by atoms with Crippen molar-refractivity contribution in [3.8, 4) is 5.75 Å². The van der Waals surface area contributed by atoms with E-state index >= 15 is 0 Å². The van der Waals surface area contributed by atoms with Gasteiger partial charge in [-0.3, -0.25) is 0 Å². The van der Waals surface area contributed by atoms with Gasteiger partial charge in [-0.25, -0.2) is 4.79 Å². The van der Waals surface area contributed by atoms with Crippen molar-refractivity contribution in [1.82, 2.24) is 4.90 Å². The van der Waals surface area contributed by atoms with E-state index in [0.717, 1.165) is 22.1 Å². The molecule has 1 heterocycles. The molecular formula is C22H29NO4. The molecule has 27 heavy (non-hydrogen) atoms. The number of carbonyl (C=O) groups excluding carboxylic acids is 1. The van der Waals surface area contributed by atoms with Gasteiger partial charge < -0.3 is 19.5 Å². The van der Waals surface area contributed by atoms with E-state index in [-0.39, 0.29) is 12.1 Å². The zero-order valence-electron chi connectivity index (χ0n) is 16.8. The Bertz CT molecular complexity index is 842. The minimum Gasteiger partial charge on any atom is -0.497 e. The minimum atomic E-state index is -0.952. The van der Waals surface area contributed by atoms with Crippen molar-refractivity contribution in [1.29, 1.82) is 0 Å². The molecule has 0 aromatic heterocycles. The number of methoxy groups -OCH3 is 1. The Labute approximate surface area is 160 Å². The number of likely N-dealkylation sites (tertiary alicyclic amines) is 1. The molecule has 0 aliphatic carbocycles. The quantitative estimate of drug-likeness (QED) is 0.847. The first kappa shape index (κ1) is 19.5. The maximum absolute atomic E-state index is 12.4. The lowest BCUT2D eigenvalue weighted by atomic mass is 9.81. The Balaban J connectivity index is 1.80. The fraction of sp³-hybridized carbons (Fsp3) is 0.500. The summed E-state index contributed by atoms with van der Waals surface area (Å²) in [5.41, 5.74) is -0.591. The number of hydrogen-bond acceptors (Lipinski definition) is 4. The van der Waals surface area contributed by atoms with Gasteiger partial charge in [-0.1, -0.05) is 18.2 Å². The molecule has 3 rings (SSSR count). The van der Waals surface area contributed by atoms with Crippen molar-refractivity contribution in [2.45, 2.75) is 57.8 Å². The summed E-state index contributed by atoms with van der Waals surface area (Å²) in [6.45, 7) is 8.01. The number of amides is 1. The standard InChI is InChI=1S/C22H29NO4/c1-15-14-22(25,10-11-23(15)20(24)27-21(2,3)4)18-8-6-17-13-19(26-5)9-7-16(17)12-18/h6-9,12-13,15,25H,10-11,14H2,1-5H3. The molecule has 2 aromatic carbocycles. The average Bonchev–Trinajstić information content (AvgIpc) is 2.59. The first-order valence-corrected chi connectivity index (χ1v) is 9.42. The van der Waals surface area contributed by atoms with Crippen LogP contribution < -0.4 is 4.74 Å². The van der Waals surface area contributed by atoms with Gasteiger partial charge in [0.05, 0.1) is 12.7 Å². The van der Waals surface area contributed by atoms with Gasteiger partial charge >= 0.3 is 6.09 Å². The van der Waals surface area contributed by atoms with Crippen molar-refractivity contribution in [2.75, 3.05) is 13.7 Å². The maximum atomic E-state index is 12.4. The number of piperidine rings is 1. The van der Waals surface area contributed by atoms with E-state index in [0.29, 0.717) is 19.4 Å². The van der Waals surface area contributed by atoms with Gasteiger partial charge in [0.25, 0.3) is 0 Å². The third-order valence-corrected chi connectivity index (χ3v) is 5.14. The van der Waals surface area contributed by atoms with E-state index in [4.69, 9.17) is 9.47 Å². The Morgan fingerprint density at radius 2 is 1.85 bits per heavy atom. The summed E-state index contributed by atoms with van der Waals surface area (Å²) in [7, 11) is 1.65. The lowest BCUT2D eigenvalue weighted by molar-refractivity contribution is -0.0545. The van der Waals surface area contributed by atoms with Crippen LogP contribution >= 0.6 is 0 Å². The van der Waals surface area contributed by atoms with Gasteiger partial charge in [-0.15, -0.1) is 0 Å². The van der Waals surface area contributed by atoms with E-state index in [1.807, 2.05) is 64.1 Å². The minimum absolute atomic E-state index is 0.106. The molecule has 5 heteroatoms. The third kappa shape index (κ3) is 4.19. The molecule has 1 aliphatic heterocycles. The first-order valence-electron chi connectivity index (χ1n) is 9.42. The number of aliphatic hydroxyl groups is 1. The van der Waals surface area contributed by atoms with Crippen LogP contribution in [0.15, 0.2) is 36.4 Å². The molecular weight excluding hydrogens is 342 g/mol. The van der Waals surface area contributed by atoms with Crippen LogP contribution in [-0.2, 0) is 10.3 Å². The number of nitrogens with zero attached hydrogens (tertiary/aromatic N) is 1. The number of fused-ring (bicyclic) bond motifs is 1. The third-order valence-electron chi connectivity index (χ3n) is 5.14. The molecule has 2 atom stereocenters. The van der Waals surface area contributed by atoms with Gasteiger partial charge in [0, 0.05) is 19.0 Å². The van der Waals surface area contributed by atoms with Gasteiger partial charge in [0.2, 0.25) is 0 Å². The Morgan fingerprint density at radius 3 is 2.48 bits per heavy atom. The number of hydrogen-bond donors (Lipinski definition) is 1. The second-order valence-corrected chi connectivity index (χ2v) is 8.44. The molecule has 1 N–H and O–H groups in total. The normalized spacial score (nSPS) is 23.3. The summed E-state index contributed by atoms with van der Waals surface area (Å²) in [6.07, 6.45) is 0.647. The predicted octanol–water partition coefficient (Wildman–Crippen LogP) is 4.46. The number of benzene rings is 2. The molecule has 0 saturated carbocycles. The SMILES string of the molecule is COc1ccc2cc(C3(O)CCN(C(=O)OC(C)(C)C)C(C)C3)ccc2c1. The summed E-state index contributed by atoms with van der Waals surface area (Å²) >= 11 is 0. The van der Waals surface area contributed by atoms with Gasteiger partial charge in [-0.2, -0.15) is 0 Å². The molecule has 2 aromatic rings. The topological polar surface area (TPSA) is 59.0 Å². The van der Waals surface area contributed by atoms with Crippen molar-refractivity contribution < 1.29 is 19.4 Å². The Morgan fingerprint density at radius 1 is 1.19 bits per heavy atom. The Kier molecular flexibility index (Phi) is 5.08. The summed E-state index contributed by atoms with van der Waals surface area (Å²) in [4.78, 5) is 14.1. The molecule has 2 unspecified atom stereocenters.